The van der Waals surface area contributed by atoms with Gasteiger partial charge in [-0.05, 0) is 26.0 Å². The molecule has 0 spiro atoms. The van der Waals surface area contributed by atoms with E-state index in [-0.39, 0.29) is 11.3 Å². The summed E-state index contributed by atoms with van der Waals surface area (Å²) in [4.78, 5) is 11.2. The van der Waals surface area contributed by atoms with Gasteiger partial charge in [-0.1, -0.05) is 5.92 Å². The number of aromatic hydroxyl groups is 1. The van der Waals surface area contributed by atoms with Crippen molar-refractivity contribution in [3.63, 3.8) is 0 Å². The van der Waals surface area contributed by atoms with Gasteiger partial charge in [0.05, 0.1) is 7.11 Å². The molecule has 0 aliphatic rings. The molecule has 0 saturated heterocycles. The molecule has 0 aliphatic heterocycles. The molecular formula is C13H14O4. The summed E-state index contributed by atoms with van der Waals surface area (Å²) in [6.07, 6.45) is 5.28. The maximum atomic E-state index is 11.2. The second-order valence-electron chi connectivity index (χ2n) is 3.93. The normalized spacial score (nSPS) is 10.5. The highest BCUT2D eigenvalue weighted by Gasteiger charge is 2.18. The number of phenols is 1. The molecule has 0 heterocycles. The third-order valence-corrected chi connectivity index (χ3v) is 2.10. The smallest absolute Gasteiger partial charge is 0.341 e. The average molecular weight is 234 g/mol. The minimum absolute atomic E-state index is 0.0818. The Hall–Kier alpha value is -2.15. The monoisotopic (exact) mass is 234 g/mol. The first kappa shape index (κ1) is 12.9. The van der Waals surface area contributed by atoms with E-state index in [1.807, 2.05) is 0 Å². The number of rotatable bonds is 3. The Morgan fingerprint density at radius 1 is 1.47 bits per heavy atom. The molecule has 1 aromatic carbocycles. The predicted octanol–water partition coefficient (Wildman–Crippen LogP) is 1.97. The molecule has 0 amide bonds. The Kier molecular flexibility index (Phi) is 3.64. The summed E-state index contributed by atoms with van der Waals surface area (Å²) in [5, 5.41) is 9.63. The fourth-order valence-corrected chi connectivity index (χ4v) is 1.18. The van der Waals surface area contributed by atoms with Crippen molar-refractivity contribution >= 4 is 5.97 Å². The lowest BCUT2D eigenvalue weighted by Crippen LogP contribution is -2.25. The summed E-state index contributed by atoms with van der Waals surface area (Å²) in [7, 11) is 1.24. The number of carbonyl (C=O) groups excluding carboxylic acids is 1. The van der Waals surface area contributed by atoms with E-state index in [1.54, 1.807) is 19.9 Å². The lowest BCUT2D eigenvalue weighted by atomic mass is 10.1. The Labute approximate surface area is 100 Å². The van der Waals surface area contributed by atoms with Crippen LogP contribution in [0.1, 0.15) is 24.2 Å². The van der Waals surface area contributed by atoms with Crippen molar-refractivity contribution in [2.24, 2.45) is 0 Å². The van der Waals surface area contributed by atoms with E-state index < -0.39 is 11.6 Å². The van der Waals surface area contributed by atoms with Crippen LogP contribution in [0, 0.1) is 12.3 Å². The van der Waals surface area contributed by atoms with Gasteiger partial charge in [-0.3, -0.25) is 0 Å². The van der Waals surface area contributed by atoms with Gasteiger partial charge in [0.15, 0.2) is 5.60 Å². The van der Waals surface area contributed by atoms with E-state index in [9.17, 15) is 9.90 Å². The molecule has 0 saturated carbocycles. The molecule has 90 valence electrons. The Balaban J connectivity index is 2.98. The van der Waals surface area contributed by atoms with Crippen molar-refractivity contribution in [2.75, 3.05) is 7.11 Å². The first-order valence-electron chi connectivity index (χ1n) is 4.98. The van der Waals surface area contributed by atoms with E-state index >= 15 is 0 Å². The number of hydrogen-bond acceptors (Lipinski definition) is 4. The van der Waals surface area contributed by atoms with Crippen LogP contribution < -0.4 is 4.74 Å². The highest BCUT2D eigenvalue weighted by Crippen LogP contribution is 2.26. The van der Waals surface area contributed by atoms with Crippen molar-refractivity contribution in [2.45, 2.75) is 19.4 Å². The minimum atomic E-state index is -0.779. The molecule has 4 nitrogen and oxygen atoms in total. The van der Waals surface area contributed by atoms with E-state index in [1.165, 1.54) is 19.2 Å². The maximum absolute atomic E-state index is 11.2. The second kappa shape index (κ2) is 4.79. The summed E-state index contributed by atoms with van der Waals surface area (Å²) in [5.74, 6) is 2.04. The summed E-state index contributed by atoms with van der Waals surface area (Å²) >= 11 is 0. The van der Waals surface area contributed by atoms with Crippen LogP contribution in [0.5, 0.6) is 11.5 Å². The Bertz CT molecular complexity index is 469. The van der Waals surface area contributed by atoms with Crippen LogP contribution >= 0.6 is 0 Å². The molecule has 0 bridgehead atoms. The first-order chi connectivity index (χ1) is 7.89. The zero-order valence-corrected chi connectivity index (χ0v) is 9.98. The van der Waals surface area contributed by atoms with Crippen molar-refractivity contribution in [1.29, 1.82) is 0 Å². The number of ether oxygens (including phenoxy) is 2. The molecule has 0 fully saturated rings. The zero-order valence-electron chi connectivity index (χ0n) is 9.98. The van der Waals surface area contributed by atoms with Crippen molar-refractivity contribution in [3.05, 3.63) is 23.8 Å². The number of methoxy groups -OCH3 is 1. The molecule has 1 N–H and O–H groups in total. The molecule has 0 aromatic heterocycles. The lowest BCUT2D eigenvalue weighted by Gasteiger charge is -2.20. The number of hydrogen-bond donors (Lipinski definition) is 1. The predicted molar refractivity (Wildman–Crippen MR) is 63.0 cm³/mol. The standard InChI is InChI=1S/C13H14O4/c1-5-13(2,3)17-9-6-7-10(11(14)8-9)12(15)16-4/h1,6-8,14H,2-4H3. The SMILES string of the molecule is C#CC(C)(C)Oc1ccc(C(=O)OC)c(O)c1. The summed E-state index contributed by atoms with van der Waals surface area (Å²) in [6, 6.07) is 4.29. The maximum Gasteiger partial charge on any atom is 0.341 e. The molecule has 0 radical (unpaired) electrons. The lowest BCUT2D eigenvalue weighted by molar-refractivity contribution is 0.0597. The number of terminal acetylenes is 1. The van der Waals surface area contributed by atoms with Crippen LogP contribution in [-0.2, 0) is 4.74 Å². The van der Waals surface area contributed by atoms with Crippen LogP contribution in [-0.4, -0.2) is 23.8 Å². The third kappa shape index (κ3) is 3.15. The van der Waals surface area contributed by atoms with Gasteiger partial charge in [-0.25, -0.2) is 4.79 Å². The number of benzene rings is 1. The van der Waals surface area contributed by atoms with E-state index in [0.29, 0.717) is 5.75 Å². The summed E-state index contributed by atoms with van der Waals surface area (Å²) in [5.41, 5.74) is -0.697. The molecule has 0 atom stereocenters. The van der Waals surface area contributed by atoms with Gasteiger partial charge in [0, 0.05) is 6.07 Å². The topological polar surface area (TPSA) is 55.8 Å². The van der Waals surface area contributed by atoms with Gasteiger partial charge in [-0.15, -0.1) is 6.42 Å². The molecule has 1 aromatic rings. The molecule has 1 rings (SSSR count). The van der Waals surface area contributed by atoms with Crippen LogP contribution in [0.4, 0.5) is 0 Å². The van der Waals surface area contributed by atoms with E-state index in [0.717, 1.165) is 0 Å². The number of phenolic OH excluding ortho intramolecular Hbond substituents is 1. The molecular weight excluding hydrogens is 220 g/mol. The minimum Gasteiger partial charge on any atom is -0.507 e. The van der Waals surface area contributed by atoms with Gasteiger partial charge in [0.25, 0.3) is 0 Å². The van der Waals surface area contributed by atoms with Gasteiger partial charge < -0.3 is 14.6 Å². The first-order valence-corrected chi connectivity index (χ1v) is 4.98. The molecule has 17 heavy (non-hydrogen) atoms. The van der Waals surface area contributed by atoms with Crippen molar-refractivity contribution in [3.8, 4) is 23.8 Å². The quantitative estimate of drug-likeness (QED) is 0.641. The highest BCUT2D eigenvalue weighted by molar-refractivity contribution is 5.92. The van der Waals surface area contributed by atoms with E-state index in [4.69, 9.17) is 11.2 Å². The van der Waals surface area contributed by atoms with Crippen molar-refractivity contribution < 1.29 is 19.4 Å². The van der Waals surface area contributed by atoms with Gasteiger partial charge >= 0.3 is 5.97 Å². The summed E-state index contributed by atoms with van der Waals surface area (Å²) in [6.45, 7) is 3.44. The number of esters is 1. The summed E-state index contributed by atoms with van der Waals surface area (Å²) < 4.78 is 9.96. The molecule has 0 aliphatic carbocycles. The van der Waals surface area contributed by atoms with Crippen LogP contribution in [0.2, 0.25) is 0 Å². The largest absolute Gasteiger partial charge is 0.507 e. The van der Waals surface area contributed by atoms with Crippen molar-refractivity contribution in [1.82, 2.24) is 0 Å². The fourth-order valence-electron chi connectivity index (χ4n) is 1.18. The Morgan fingerprint density at radius 3 is 2.59 bits per heavy atom. The van der Waals surface area contributed by atoms with Gasteiger partial charge in [0.1, 0.15) is 17.1 Å². The fraction of sp³-hybridized carbons (Fsp3) is 0.308. The second-order valence-corrected chi connectivity index (χ2v) is 3.93. The van der Waals surface area contributed by atoms with Gasteiger partial charge in [0.2, 0.25) is 0 Å². The molecule has 0 unspecified atom stereocenters. The molecule has 4 heteroatoms. The Morgan fingerprint density at radius 2 is 2.12 bits per heavy atom. The van der Waals surface area contributed by atoms with Crippen LogP contribution in [0.3, 0.4) is 0 Å². The van der Waals surface area contributed by atoms with Gasteiger partial charge in [-0.2, -0.15) is 0 Å². The highest BCUT2D eigenvalue weighted by atomic mass is 16.5. The number of carbonyl (C=O) groups is 1. The third-order valence-electron chi connectivity index (χ3n) is 2.10. The van der Waals surface area contributed by atoms with Crippen LogP contribution in [0.25, 0.3) is 0 Å². The van der Waals surface area contributed by atoms with Crippen LogP contribution in [0.15, 0.2) is 18.2 Å². The average Bonchev–Trinajstić information content (AvgIpc) is 2.28. The van der Waals surface area contributed by atoms with E-state index in [2.05, 4.69) is 10.7 Å². The zero-order chi connectivity index (χ0) is 13.1.